The highest BCUT2D eigenvalue weighted by molar-refractivity contribution is 5.89. The highest BCUT2D eigenvalue weighted by Crippen LogP contribution is 2.15. The summed E-state index contributed by atoms with van der Waals surface area (Å²) in [7, 11) is 2.03. The number of anilines is 1. The molecule has 0 spiro atoms. The van der Waals surface area contributed by atoms with Crippen LogP contribution in [0.2, 0.25) is 0 Å². The van der Waals surface area contributed by atoms with E-state index >= 15 is 0 Å². The van der Waals surface area contributed by atoms with E-state index in [1.165, 1.54) is 6.07 Å². The molecule has 2 N–H and O–H groups in total. The number of rotatable bonds is 2. The standard InChI is InChI=1S/C13H17F2N3O/c1-18-6-4-10(5-7-18)16-13(19)17-12-3-2-9(14)8-11(12)15/h2-3,8,10H,4-7H2,1H3,(H2,16,17,19). The molecule has 104 valence electrons. The van der Waals surface area contributed by atoms with Gasteiger partial charge < -0.3 is 15.5 Å². The van der Waals surface area contributed by atoms with Crippen LogP contribution in [0.3, 0.4) is 0 Å². The molecule has 4 nitrogen and oxygen atoms in total. The summed E-state index contributed by atoms with van der Waals surface area (Å²) in [5.74, 6) is -1.45. The van der Waals surface area contributed by atoms with Gasteiger partial charge in [0.15, 0.2) is 0 Å². The molecule has 0 unspecified atom stereocenters. The number of amides is 2. The molecule has 1 aliphatic heterocycles. The van der Waals surface area contributed by atoms with Crippen LogP contribution in [0.5, 0.6) is 0 Å². The number of carbonyl (C=O) groups is 1. The Kier molecular flexibility index (Phi) is 4.31. The molecule has 0 saturated carbocycles. The lowest BCUT2D eigenvalue weighted by Gasteiger charge is -2.29. The molecule has 6 heteroatoms. The van der Waals surface area contributed by atoms with Gasteiger partial charge in [0.05, 0.1) is 5.69 Å². The van der Waals surface area contributed by atoms with Gasteiger partial charge in [-0.1, -0.05) is 0 Å². The van der Waals surface area contributed by atoms with Crippen molar-refractivity contribution in [3.8, 4) is 0 Å². The first kappa shape index (κ1) is 13.7. The van der Waals surface area contributed by atoms with E-state index < -0.39 is 17.7 Å². The fourth-order valence-electron chi connectivity index (χ4n) is 2.09. The first-order valence-electron chi connectivity index (χ1n) is 6.25. The number of nitrogens with one attached hydrogen (secondary N) is 2. The Morgan fingerprint density at radius 2 is 2.00 bits per heavy atom. The number of likely N-dealkylation sites (tertiary alicyclic amines) is 1. The van der Waals surface area contributed by atoms with Gasteiger partial charge in [-0.05, 0) is 45.1 Å². The van der Waals surface area contributed by atoms with Crippen molar-refractivity contribution in [1.29, 1.82) is 0 Å². The van der Waals surface area contributed by atoms with E-state index in [1.54, 1.807) is 0 Å². The molecule has 19 heavy (non-hydrogen) atoms. The van der Waals surface area contributed by atoms with Crippen molar-refractivity contribution in [3.63, 3.8) is 0 Å². The molecular weight excluding hydrogens is 252 g/mol. The summed E-state index contributed by atoms with van der Waals surface area (Å²) in [6.45, 7) is 1.85. The predicted molar refractivity (Wildman–Crippen MR) is 69.0 cm³/mol. The van der Waals surface area contributed by atoms with Crippen molar-refractivity contribution >= 4 is 11.7 Å². The molecular formula is C13H17F2N3O. The maximum Gasteiger partial charge on any atom is 0.319 e. The third kappa shape index (κ3) is 3.89. The normalized spacial score (nSPS) is 17.2. The molecule has 2 rings (SSSR count). The maximum absolute atomic E-state index is 13.4. The molecule has 1 saturated heterocycles. The zero-order chi connectivity index (χ0) is 13.8. The topological polar surface area (TPSA) is 44.4 Å². The second-order valence-electron chi connectivity index (χ2n) is 4.80. The molecule has 1 fully saturated rings. The van der Waals surface area contributed by atoms with Crippen molar-refractivity contribution in [1.82, 2.24) is 10.2 Å². The van der Waals surface area contributed by atoms with Gasteiger partial charge >= 0.3 is 6.03 Å². The van der Waals surface area contributed by atoms with E-state index in [9.17, 15) is 13.6 Å². The number of urea groups is 1. The van der Waals surface area contributed by atoms with Crippen LogP contribution in [0.4, 0.5) is 19.3 Å². The number of hydrogen-bond acceptors (Lipinski definition) is 2. The van der Waals surface area contributed by atoms with Crippen LogP contribution in [-0.2, 0) is 0 Å². The van der Waals surface area contributed by atoms with Crippen LogP contribution in [0.25, 0.3) is 0 Å². The van der Waals surface area contributed by atoms with Crippen LogP contribution in [-0.4, -0.2) is 37.1 Å². The molecule has 1 heterocycles. The Morgan fingerprint density at radius 1 is 1.32 bits per heavy atom. The quantitative estimate of drug-likeness (QED) is 0.864. The third-order valence-corrected chi connectivity index (χ3v) is 3.23. The molecule has 1 aliphatic rings. The number of piperidine rings is 1. The molecule has 2 amide bonds. The smallest absolute Gasteiger partial charge is 0.319 e. The lowest BCUT2D eigenvalue weighted by Crippen LogP contribution is -2.44. The Hall–Kier alpha value is -1.69. The van der Waals surface area contributed by atoms with Gasteiger partial charge in [0.1, 0.15) is 11.6 Å². The van der Waals surface area contributed by atoms with Crippen molar-refractivity contribution in [2.24, 2.45) is 0 Å². The monoisotopic (exact) mass is 269 g/mol. The molecule has 1 aromatic rings. The molecule has 1 aromatic carbocycles. The minimum Gasteiger partial charge on any atom is -0.335 e. The van der Waals surface area contributed by atoms with Gasteiger partial charge in [-0.2, -0.15) is 0 Å². The summed E-state index contributed by atoms with van der Waals surface area (Å²) in [5, 5.41) is 5.18. The van der Waals surface area contributed by atoms with E-state index in [-0.39, 0.29) is 11.7 Å². The summed E-state index contributed by atoms with van der Waals surface area (Å²) in [5.41, 5.74) is -0.0215. The molecule has 0 atom stereocenters. The average Bonchev–Trinajstić information content (AvgIpc) is 2.36. The number of halogens is 2. The predicted octanol–water partition coefficient (Wildman–Crippen LogP) is 2.18. The highest BCUT2D eigenvalue weighted by Gasteiger charge is 2.18. The van der Waals surface area contributed by atoms with Gasteiger partial charge in [0, 0.05) is 12.1 Å². The van der Waals surface area contributed by atoms with Crippen LogP contribution in [0.1, 0.15) is 12.8 Å². The van der Waals surface area contributed by atoms with Crippen LogP contribution in [0, 0.1) is 11.6 Å². The number of hydrogen-bond donors (Lipinski definition) is 2. The summed E-state index contributed by atoms with van der Waals surface area (Å²) < 4.78 is 26.1. The van der Waals surface area contributed by atoms with Gasteiger partial charge in [0.2, 0.25) is 0 Å². The largest absolute Gasteiger partial charge is 0.335 e. The minimum atomic E-state index is -0.779. The Labute approximate surface area is 110 Å². The average molecular weight is 269 g/mol. The summed E-state index contributed by atoms with van der Waals surface area (Å²) in [6, 6.07) is 2.69. The van der Waals surface area contributed by atoms with Crippen molar-refractivity contribution in [2.45, 2.75) is 18.9 Å². The number of nitrogens with zero attached hydrogens (tertiary/aromatic N) is 1. The second kappa shape index (κ2) is 5.97. The Morgan fingerprint density at radius 3 is 2.63 bits per heavy atom. The van der Waals surface area contributed by atoms with E-state index in [0.29, 0.717) is 0 Å². The fraction of sp³-hybridized carbons (Fsp3) is 0.462. The number of benzene rings is 1. The lowest BCUT2D eigenvalue weighted by molar-refractivity contribution is 0.221. The van der Waals surface area contributed by atoms with E-state index in [0.717, 1.165) is 38.1 Å². The summed E-state index contributed by atoms with van der Waals surface area (Å²) >= 11 is 0. The Bertz CT molecular complexity index is 459. The van der Waals surface area contributed by atoms with Crippen LogP contribution >= 0.6 is 0 Å². The second-order valence-corrected chi connectivity index (χ2v) is 4.80. The first-order chi connectivity index (χ1) is 9.04. The molecule has 0 bridgehead atoms. The third-order valence-electron chi connectivity index (χ3n) is 3.23. The van der Waals surface area contributed by atoms with Gasteiger partial charge in [-0.3, -0.25) is 0 Å². The summed E-state index contributed by atoms with van der Waals surface area (Å²) in [4.78, 5) is 13.9. The highest BCUT2D eigenvalue weighted by atomic mass is 19.1. The minimum absolute atomic E-state index is 0.0215. The SMILES string of the molecule is CN1CCC(NC(=O)Nc2ccc(F)cc2F)CC1. The fourth-order valence-corrected chi connectivity index (χ4v) is 2.09. The van der Waals surface area contributed by atoms with Crippen molar-refractivity contribution < 1.29 is 13.6 Å². The first-order valence-corrected chi connectivity index (χ1v) is 6.25. The van der Waals surface area contributed by atoms with Gasteiger partial charge in [-0.15, -0.1) is 0 Å². The molecule has 0 aliphatic carbocycles. The molecule has 0 radical (unpaired) electrons. The Balaban J connectivity index is 1.87. The molecule has 0 aromatic heterocycles. The van der Waals surface area contributed by atoms with E-state index in [4.69, 9.17) is 0 Å². The summed E-state index contributed by atoms with van der Waals surface area (Å²) in [6.07, 6.45) is 1.74. The van der Waals surface area contributed by atoms with Crippen molar-refractivity contribution in [3.05, 3.63) is 29.8 Å². The number of carbonyl (C=O) groups excluding carboxylic acids is 1. The zero-order valence-electron chi connectivity index (χ0n) is 10.7. The van der Waals surface area contributed by atoms with Gasteiger partial charge in [0.25, 0.3) is 0 Å². The van der Waals surface area contributed by atoms with Crippen molar-refractivity contribution in [2.75, 3.05) is 25.5 Å². The lowest BCUT2D eigenvalue weighted by atomic mass is 10.1. The van der Waals surface area contributed by atoms with Crippen LogP contribution in [0.15, 0.2) is 18.2 Å². The van der Waals surface area contributed by atoms with Crippen LogP contribution < -0.4 is 10.6 Å². The van der Waals surface area contributed by atoms with E-state index in [1.807, 2.05) is 7.05 Å². The van der Waals surface area contributed by atoms with Gasteiger partial charge in [-0.25, -0.2) is 13.6 Å². The maximum atomic E-state index is 13.4. The zero-order valence-corrected chi connectivity index (χ0v) is 10.7. The van der Waals surface area contributed by atoms with E-state index in [2.05, 4.69) is 15.5 Å².